The average Bonchev–Trinajstić information content (AvgIpc) is 2.53. The summed E-state index contributed by atoms with van der Waals surface area (Å²) >= 11 is 0. The summed E-state index contributed by atoms with van der Waals surface area (Å²) in [4.78, 5) is 18.7. The fraction of sp³-hybridized carbons (Fsp3) is 0.600. The molecule has 20 heavy (non-hydrogen) atoms. The van der Waals surface area contributed by atoms with Gasteiger partial charge in [0.25, 0.3) is 5.91 Å². The maximum Gasteiger partial charge on any atom is 0.270 e. The van der Waals surface area contributed by atoms with Crippen LogP contribution in [0.15, 0.2) is 18.3 Å². The van der Waals surface area contributed by atoms with Crippen LogP contribution >= 0.6 is 0 Å². The van der Waals surface area contributed by atoms with Gasteiger partial charge in [0.2, 0.25) is 0 Å². The zero-order valence-corrected chi connectivity index (χ0v) is 12.3. The van der Waals surface area contributed by atoms with Crippen molar-refractivity contribution in [3.8, 4) is 0 Å². The number of nitrogens with zero attached hydrogens (tertiary/aromatic N) is 2. The predicted octanol–water partition coefficient (Wildman–Crippen LogP) is 1.09. The lowest BCUT2D eigenvalue weighted by atomic mass is 10.1. The summed E-state index contributed by atoms with van der Waals surface area (Å²) in [6, 6.07) is 4.14. The van der Waals surface area contributed by atoms with Crippen LogP contribution in [0.1, 0.15) is 29.9 Å². The number of aromatic nitrogens is 1. The fourth-order valence-electron chi connectivity index (χ4n) is 2.40. The van der Waals surface area contributed by atoms with E-state index in [0.29, 0.717) is 18.3 Å². The van der Waals surface area contributed by atoms with Crippen LogP contribution in [0, 0.1) is 0 Å². The maximum atomic E-state index is 12.2. The van der Waals surface area contributed by atoms with Gasteiger partial charge in [0.1, 0.15) is 5.69 Å². The van der Waals surface area contributed by atoms with Crippen LogP contribution in [0.2, 0.25) is 0 Å². The molecule has 1 saturated heterocycles. The van der Waals surface area contributed by atoms with Crippen molar-refractivity contribution in [1.29, 1.82) is 0 Å². The minimum Gasteiger partial charge on any atom is -0.379 e. The first-order valence-corrected chi connectivity index (χ1v) is 7.26. The van der Waals surface area contributed by atoms with Gasteiger partial charge in [0.15, 0.2) is 0 Å². The molecule has 110 valence electrons. The van der Waals surface area contributed by atoms with Gasteiger partial charge in [-0.2, -0.15) is 0 Å². The van der Waals surface area contributed by atoms with Crippen LogP contribution in [0.3, 0.4) is 0 Å². The molecule has 1 aliphatic rings. The van der Waals surface area contributed by atoms with Crippen molar-refractivity contribution in [2.24, 2.45) is 0 Å². The molecule has 2 rings (SSSR count). The molecule has 0 spiro atoms. The Morgan fingerprint density at radius 2 is 2.25 bits per heavy atom. The highest BCUT2D eigenvalue weighted by Gasteiger charge is 2.18. The Labute approximate surface area is 120 Å². The standard InChI is InChI=1S/C15H23N3O2/c1-3-13-5-4-6-16-14(13)15(19)17-11-12(2)18-7-9-20-10-8-18/h4-6,12H,3,7-11H2,1-2H3,(H,17,19). The Balaban J connectivity index is 1.88. The highest BCUT2D eigenvalue weighted by Crippen LogP contribution is 2.07. The molecule has 0 radical (unpaired) electrons. The van der Waals surface area contributed by atoms with Crippen LogP contribution < -0.4 is 5.32 Å². The molecular formula is C15H23N3O2. The summed E-state index contributed by atoms with van der Waals surface area (Å²) in [5.41, 5.74) is 1.54. The van der Waals surface area contributed by atoms with Crippen LogP contribution in [0.25, 0.3) is 0 Å². The van der Waals surface area contributed by atoms with Crippen molar-refractivity contribution < 1.29 is 9.53 Å². The van der Waals surface area contributed by atoms with E-state index in [1.165, 1.54) is 0 Å². The van der Waals surface area contributed by atoms with Gasteiger partial charge in [0.05, 0.1) is 13.2 Å². The van der Waals surface area contributed by atoms with Gasteiger partial charge in [-0.3, -0.25) is 14.7 Å². The normalized spacial score (nSPS) is 17.7. The molecule has 1 fully saturated rings. The molecule has 1 amide bonds. The van der Waals surface area contributed by atoms with Crippen molar-refractivity contribution in [2.45, 2.75) is 26.3 Å². The van der Waals surface area contributed by atoms with E-state index in [0.717, 1.165) is 38.3 Å². The number of amides is 1. The Morgan fingerprint density at radius 3 is 2.95 bits per heavy atom. The van der Waals surface area contributed by atoms with E-state index >= 15 is 0 Å². The Hall–Kier alpha value is -1.46. The summed E-state index contributed by atoms with van der Waals surface area (Å²) in [5.74, 6) is -0.0810. The third-order valence-corrected chi connectivity index (χ3v) is 3.71. The number of morpholine rings is 1. The smallest absolute Gasteiger partial charge is 0.270 e. The summed E-state index contributed by atoms with van der Waals surface area (Å²) in [5, 5.41) is 2.99. The number of pyridine rings is 1. The van der Waals surface area contributed by atoms with E-state index in [2.05, 4.69) is 22.1 Å². The first kappa shape index (κ1) is 14.9. The fourth-order valence-corrected chi connectivity index (χ4v) is 2.40. The summed E-state index contributed by atoms with van der Waals surface area (Å²) in [6.07, 6.45) is 2.48. The van der Waals surface area contributed by atoms with Gasteiger partial charge in [-0.15, -0.1) is 0 Å². The number of carbonyl (C=O) groups is 1. The largest absolute Gasteiger partial charge is 0.379 e. The van der Waals surface area contributed by atoms with Crippen molar-refractivity contribution in [3.05, 3.63) is 29.6 Å². The van der Waals surface area contributed by atoms with Gasteiger partial charge in [-0.1, -0.05) is 13.0 Å². The summed E-state index contributed by atoms with van der Waals surface area (Å²) in [6.45, 7) is 8.21. The molecular weight excluding hydrogens is 254 g/mol. The van der Waals surface area contributed by atoms with Crippen LogP contribution in [-0.2, 0) is 11.2 Å². The number of aryl methyl sites for hydroxylation is 1. The van der Waals surface area contributed by atoms with E-state index in [9.17, 15) is 4.79 Å². The summed E-state index contributed by atoms with van der Waals surface area (Å²) in [7, 11) is 0. The quantitative estimate of drug-likeness (QED) is 0.875. The average molecular weight is 277 g/mol. The Bertz CT molecular complexity index is 444. The maximum absolute atomic E-state index is 12.2. The van der Waals surface area contributed by atoms with E-state index in [1.54, 1.807) is 6.20 Å². The molecule has 1 aromatic rings. The number of nitrogens with one attached hydrogen (secondary N) is 1. The molecule has 5 nitrogen and oxygen atoms in total. The van der Waals surface area contributed by atoms with Gasteiger partial charge < -0.3 is 10.1 Å². The van der Waals surface area contributed by atoms with Gasteiger partial charge in [-0.25, -0.2) is 0 Å². The van der Waals surface area contributed by atoms with E-state index in [4.69, 9.17) is 4.74 Å². The predicted molar refractivity (Wildman–Crippen MR) is 77.8 cm³/mol. The molecule has 2 heterocycles. The minimum atomic E-state index is -0.0810. The third kappa shape index (κ3) is 3.77. The first-order chi connectivity index (χ1) is 9.72. The van der Waals surface area contributed by atoms with Crippen molar-refractivity contribution in [3.63, 3.8) is 0 Å². The second-order valence-corrected chi connectivity index (χ2v) is 5.07. The molecule has 0 saturated carbocycles. The van der Waals surface area contributed by atoms with Crippen LogP contribution in [-0.4, -0.2) is 54.7 Å². The van der Waals surface area contributed by atoms with E-state index in [-0.39, 0.29) is 5.91 Å². The number of rotatable bonds is 5. The monoisotopic (exact) mass is 277 g/mol. The lowest BCUT2D eigenvalue weighted by Crippen LogP contribution is -2.47. The molecule has 1 aromatic heterocycles. The lowest BCUT2D eigenvalue weighted by Gasteiger charge is -2.32. The van der Waals surface area contributed by atoms with Crippen molar-refractivity contribution in [2.75, 3.05) is 32.8 Å². The Kier molecular flexibility index (Phi) is 5.49. The third-order valence-electron chi connectivity index (χ3n) is 3.71. The molecule has 5 heteroatoms. The number of hydrogen-bond acceptors (Lipinski definition) is 4. The van der Waals surface area contributed by atoms with Gasteiger partial charge in [-0.05, 0) is 25.0 Å². The second kappa shape index (κ2) is 7.36. The number of hydrogen-bond donors (Lipinski definition) is 1. The lowest BCUT2D eigenvalue weighted by molar-refractivity contribution is 0.0204. The van der Waals surface area contributed by atoms with E-state index in [1.807, 2.05) is 19.1 Å². The minimum absolute atomic E-state index is 0.0810. The number of carbonyl (C=O) groups excluding carboxylic acids is 1. The molecule has 0 aromatic carbocycles. The first-order valence-electron chi connectivity index (χ1n) is 7.26. The van der Waals surface area contributed by atoms with Crippen LogP contribution in [0.5, 0.6) is 0 Å². The zero-order chi connectivity index (χ0) is 14.4. The van der Waals surface area contributed by atoms with Crippen molar-refractivity contribution in [1.82, 2.24) is 15.2 Å². The van der Waals surface area contributed by atoms with Gasteiger partial charge in [0, 0.05) is 31.9 Å². The molecule has 1 N–H and O–H groups in total. The van der Waals surface area contributed by atoms with E-state index < -0.39 is 0 Å². The topological polar surface area (TPSA) is 54.5 Å². The SMILES string of the molecule is CCc1cccnc1C(=O)NCC(C)N1CCOCC1. The molecule has 0 aliphatic carbocycles. The van der Waals surface area contributed by atoms with Crippen molar-refractivity contribution >= 4 is 5.91 Å². The molecule has 1 atom stereocenters. The molecule has 1 unspecified atom stereocenters. The Morgan fingerprint density at radius 1 is 1.50 bits per heavy atom. The molecule has 1 aliphatic heterocycles. The van der Waals surface area contributed by atoms with Gasteiger partial charge >= 0.3 is 0 Å². The number of ether oxygens (including phenoxy) is 1. The summed E-state index contributed by atoms with van der Waals surface area (Å²) < 4.78 is 5.34. The van der Waals surface area contributed by atoms with Crippen LogP contribution in [0.4, 0.5) is 0 Å². The zero-order valence-electron chi connectivity index (χ0n) is 12.3. The molecule has 0 bridgehead atoms. The second-order valence-electron chi connectivity index (χ2n) is 5.07. The highest BCUT2D eigenvalue weighted by molar-refractivity contribution is 5.93. The highest BCUT2D eigenvalue weighted by atomic mass is 16.5.